The lowest BCUT2D eigenvalue weighted by Gasteiger charge is -1.95. The van der Waals surface area contributed by atoms with Gasteiger partial charge in [0.2, 0.25) is 0 Å². The van der Waals surface area contributed by atoms with Gasteiger partial charge in [0, 0.05) is 5.56 Å². The standard InChI is InChI=1S/C16H20O2/c1-14(17)10-6-3-2-4-9-13-16(18)15-11-7-5-8-12-15/h5-14,17H,2-4H2,1H3/b10-6+,13-9+. The fourth-order valence-corrected chi connectivity index (χ4v) is 1.54. The summed E-state index contributed by atoms with van der Waals surface area (Å²) in [7, 11) is 0. The van der Waals surface area contributed by atoms with Crippen LogP contribution >= 0.6 is 0 Å². The third-order valence-corrected chi connectivity index (χ3v) is 2.48. The Kier molecular flexibility index (Phi) is 6.74. The van der Waals surface area contributed by atoms with Crippen LogP contribution in [-0.4, -0.2) is 17.0 Å². The first-order valence-electron chi connectivity index (χ1n) is 6.31. The van der Waals surface area contributed by atoms with E-state index in [0.717, 1.165) is 24.8 Å². The number of carbonyl (C=O) groups is 1. The van der Waals surface area contributed by atoms with Crippen molar-refractivity contribution in [3.8, 4) is 0 Å². The van der Waals surface area contributed by atoms with Crippen molar-refractivity contribution >= 4 is 5.78 Å². The van der Waals surface area contributed by atoms with Crippen molar-refractivity contribution in [3.63, 3.8) is 0 Å². The molecule has 0 radical (unpaired) electrons. The summed E-state index contributed by atoms with van der Waals surface area (Å²) in [5.74, 6) is 0.0510. The Bertz CT molecular complexity index is 402. The summed E-state index contributed by atoms with van der Waals surface area (Å²) in [6.07, 6.45) is 9.70. The molecule has 1 aromatic rings. The molecule has 0 aliphatic carbocycles. The molecule has 0 aromatic heterocycles. The van der Waals surface area contributed by atoms with Crippen LogP contribution in [0.3, 0.4) is 0 Å². The maximum atomic E-state index is 11.7. The van der Waals surface area contributed by atoms with E-state index in [1.807, 2.05) is 42.5 Å². The van der Waals surface area contributed by atoms with E-state index in [2.05, 4.69) is 0 Å². The number of benzene rings is 1. The molecule has 1 atom stereocenters. The van der Waals surface area contributed by atoms with E-state index < -0.39 is 0 Å². The van der Waals surface area contributed by atoms with Crippen LogP contribution in [0.1, 0.15) is 36.5 Å². The van der Waals surface area contributed by atoms with Crippen LogP contribution < -0.4 is 0 Å². The number of ketones is 1. The van der Waals surface area contributed by atoms with Gasteiger partial charge in [-0.05, 0) is 32.3 Å². The van der Waals surface area contributed by atoms with Crippen molar-refractivity contribution in [1.82, 2.24) is 0 Å². The van der Waals surface area contributed by atoms with Gasteiger partial charge in [-0.15, -0.1) is 0 Å². The largest absolute Gasteiger partial charge is 0.389 e. The summed E-state index contributed by atoms with van der Waals surface area (Å²) in [4.78, 5) is 11.7. The first-order chi connectivity index (χ1) is 8.70. The topological polar surface area (TPSA) is 37.3 Å². The van der Waals surface area contributed by atoms with Crippen molar-refractivity contribution in [2.24, 2.45) is 0 Å². The molecule has 18 heavy (non-hydrogen) atoms. The van der Waals surface area contributed by atoms with Crippen LogP contribution in [0.4, 0.5) is 0 Å². The van der Waals surface area contributed by atoms with Crippen molar-refractivity contribution in [2.75, 3.05) is 0 Å². The van der Waals surface area contributed by atoms with Crippen LogP contribution in [-0.2, 0) is 0 Å². The molecule has 96 valence electrons. The van der Waals surface area contributed by atoms with Gasteiger partial charge in [-0.1, -0.05) is 48.6 Å². The summed E-state index contributed by atoms with van der Waals surface area (Å²) in [6.45, 7) is 1.73. The van der Waals surface area contributed by atoms with Crippen LogP contribution in [0, 0.1) is 0 Å². The quantitative estimate of drug-likeness (QED) is 0.345. The molecule has 0 bridgehead atoms. The summed E-state index contributed by atoms with van der Waals surface area (Å²) in [5, 5.41) is 9.01. The van der Waals surface area contributed by atoms with Gasteiger partial charge in [-0.3, -0.25) is 4.79 Å². The molecule has 2 heteroatoms. The van der Waals surface area contributed by atoms with Gasteiger partial charge in [0.1, 0.15) is 0 Å². The first kappa shape index (κ1) is 14.4. The lowest BCUT2D eigenvalue weighted by Crippen LogP contribution is -1.92. The van der Waals surface area contributed by atoms with Crippen molar-refractivity contribution in [1.29, 1.82) is 0 Å². The third kappa shape index (κ3) is 6.16. The Morgan fingerprint density at radius 2 is 1.89 bits per heavy atom. The minimum Gasteiger partial charge on any atom is -0.389 e. The summed E-state index contributed by atoms with van der Waals surface area (Å²) >= 11 is 0. The molecule has 0 amide bonds. The minimum absolute atomic E-state index is 0.0510. The zero-order valence-corrected chi connectivity index (χ0v) is 10.8. The molecule has 0 fully saturated rings. The van der Waals surface area contributed by atoms with Crippen molar-refractivity contribution in [2.45, 2.75) is 32.3 Å². The van der Waals surface area contributed by atoms with Crippen molar-refractivity contribution in [3.05, 3.63) is 60.2 Å². The molecule has 0 heterocycles. The zero-order valence-electron chi connectivity index (χ0n) is 10.8. The maximum absolute atomic E-state index is 11.7. The third-order valence-electron chi connectivity index (χ3n) is 2.48. The predicted molar refractivity (Wildman–Crippen MR) is 74.6 cm³/mol. The smallest absolute Gasteiger partial charge is 0.185 e. The Morgan fingerprint density at radius 1 is 1.22 bits per heavy atom. The normalized spacial score (nSPS) is 13.2. The molecule has 1 unspecified atom stereocenters. The molecule has 0 saturated heterocycles. The van der Waals surface area contributed by atoms with E-state index in [9.17, 15) is 4.79 Å². The summed E-state index contributed by atoms with van der Waals surface area (Å²) in [5.41, 5.74) is 0.725. The van der Waals surface area contributed by atoms with E-state index in [1.165, 1.54) is 0 Å². The monoisotopic (exact) mass is 244 g/mol. The average Bonchev–Trinajstić information content (AvgIpc) is 2.38. The Balaban J connectivity index is 2.23. The van der Waals surface area contributed by atoms with Gasteiger partial charge >= 0.3 is 0 Å². The second-order valence-electron chi connectivity index (χ2n) is 4.23. The molecule has 0 spiro atoms. The number of aliphatic hydroxyl groups is 1. The van der Waals surface area contributed by atoms with Gasteiger partial charge in [0.25, 0.3) is 0 Å². The van der Waals surface area contributed by atoms with Crippen LogP contribution in [0.25, 0.3) is 0 Å². The van der Waals surface area contributed by atoms with Gasteiger partial charge in [-0.2, -0.15) is 0 Å². The van der Waals surface area contributed by atoms with Gasteiger partial charge in [0.05, 0.1) is 6.10 Å². The molecule has 1 aromatic carbocycles. The Hall–Kier alpha value is -1.67. The molecule has 1 N–H and O–H groups in total. The van der Waals surface area contributed by atoms with Gasteiger partial charge in [-0.25, -0.2) is 0 Å². The lowest BCUT2D eigenvalue weighted by atomic mass is 10.1. The summed E-state index contributed by atoms with van der Waals surface area (Å²) in [6, 6.07) is 9.26. The molecule has 1 rings (SSSR count). The number of carbonyl (C=O) groups excluding carboxylic acids is 1. The molecule has 2 nitrogen and oxygen atoms in total. The lowest BCUT2D eigenvalue weighted by molar-refractivity contribution is 0.104. The van der Waals surface area contributed by atoms with E-state index >= 15 is 0 Å². The van der Waals surface area contributed by atoms with Crippen LogP contribution in [0.5, 0.6) is 0 Å². The van der Waals surface area contributed by atoms with Gasteiger partial charge in [0.15, 0.2) is 5.78 Å². The highest BCUT2D eigenvalue weighted by atomic mass is 16.3. The second-order valence-corrected chi connectivity index (χ2v) is 4.23. The average molecular weight is 244 g/mol. The fourth-order valence-electron chi connectivity index (χ4n) is 1.54. The van der Waals surface area contributed by atoms with E-state index in [0.29, 0.717) is 0 Å². The van der Waals surface area contributed by atoms with Crippen LogP contribution in [0.15, 0.2) is 54.6 Å². The highest BCUT2D eigenvalue weighted by molar-refractivity contribution is 6.04. The van der Waals surface area contributed by atoms with Crippen molar-refractivity contribution < 1.29 is 9.90 Å². The number of unbranched alkanes of at least 4 members (excludes halogenated alkanes) is 2. The molecule has 0 aliphatic heterocycles. The van der Waals surface area contributed by atoms with Crippen LogP contribution in [0.2, 0.25) is 0 Å². The van der Waals surface area contributed by atoms with E-state index in [-0.39, 0.29) is 11.9 Å². The second kappa shape index (κ2) is 8.43. The number of hydrogen-bond donors (Lipinski definition) is 1. The predicted octanol–water partition coefficient (Wildman–Crippen LogP) is 3.53. The number of aliphatic hydroxyl groups excluding tert-OH is 1. The minimum atomic E-state index is -0.375. The number of allylic oxidation sites excluding steroid dienone is 3. The van der Waals surface area contributed by atoms with E-state index in [4.69, 9.17) is 5.11 Å². The molecular formula is C16H20O2. The Labute approximate surface area is 109 Å². The number of hydrogen-bond acceptors (Lipinski definition) is 2. The number of rotatable bonds is 7. The first-order valence-corrected chi connectivity index (χ1v) is 6.31. The molecular weight excluding hydrogens is 224 g/mol. The highest BCUT2D eigenvalue weighted by Gasteiger charge is 1.98. The fraction of sp³-hybridized carbons (Fsp3) is 0.312. The highest BCUT2D eigenvalue weighted by Crippen LogP contribution is 2.03. The SMILES string of the molecule is CC(O)/C=C/CCC/C=C/C(=O)c1ccccc1. The summed E-state index contributed by atoms with van der Waals surface area (Å²) < 4.78 is 0. The maximum Gasteiger partial charge on any atom is 0.185 e. The zero-order chi connectivity index (χ0) is 13.2. The molecule has 0 aliphatic rings. The Morgan fingerprint density at radius 3 is 2.56 bits per heavy atom. The molecule has 0 saturated carbocycles. The van der Waals surface area contributed by atoms with Gasteiger partial charge < -0.3 is 5.11 Å². The van der Waals surface area contributed by atoms with E-state index in [1.54, 1.807) is 19.1 Å².